The van der Waals surface area contributed by atoms with Gasteiger partial charge >= 0.3 is 6.09 Å². The van der Waals surface area contributed by atoms with Crippen molar-refractivity contribution in [3.63, 3.8) is 0 Å². The molecule has 2 aliphatic rings. The molecule has 2 aromatic rings. The minimum absolute atomic E-state index is 0.00985. The van der Waals surface area contributed by atoms with Gasteiger partial charge in [-0.2, -0.15) is 0 Å². The lowest BCUT2D eigenvalue weighted by atomic mass is 10.1. The van der Waals surface area contributed by atoms with E-state index in [1.807, 2.05) is 20.8 Å². The number of aromatic nitrogens is 1. The number of piperidine rings is 1. The Hall–Kier alpha value is -3.82. The molecule has 2 aliphatic heterocycles. The molecule has 1 unspecified atom stereocenters. The van der Waals surface area contributed by atoms with E-state index in [1.165, 1.54) is 4.57 Å². The SMILES string of the molecule is CC(C)(C)OC(=O)N1CCCC(Oc2ccc(-n3c(N)c4c(cc3=O)C(=O)NC4=O)cc2)C1. The number of nitrogen functional groups attached to an aromatic ring is 1. The summed E-state index contributed by atoms with van der Waals surface area (Å²) < 4.78 is 12.7. The number of fused-ring (bicyclic) bond motifs is 1. The van der Waals surface area contributed by atoms with Crippen molar-refractivity contribution < 1.29 is 23.9 Å². The van der Waals surface area contributed by atoms with Gasteiger partial charge in [0.2, 0.25) is 0 Å². The van der Waals surface area contributed by atoms with Crippen molar-refractivity contribution in [1.82, 2.24) is 14.8 Å². The second-order valence-electron chi connectivity index (χ2n) is 9.08. The lowest BCUT2D eigenvalue weighted by Gasteiger charge is -2.34. The van der Waals surface area contributed by atoms with Gasteiger partial charge in [0.25, 0.3) is 17.4 Å². The fourth-order valence-corrected chi connectivity index (χ4v) is 3.94. The molecule has 1 fully saturated rings. The summed E-state index contributed by atoms with van der Waals surface area (Å²) in [6.07, 6.45) is 1.03. The van der Waals surface area contributed by atoms with E-state index in [0.29, 0.717) is 24.5 Å². The summed E-state index contributed by atoms with van der Waals surface area (Å²) in [5.41, 5.74) is 5.37. The highest BCUT2D eigenvalue weighted by Gasteiger charge is 2.32. The number of carbonyl (C=O) groups excluding carboxylic acids is 3. The van der Waals surface area contributed by atoms with E-state index in [-0.39, 0.29) is 29.1 Å². The Balaban J connectivity index is 1.49. The Bertz CT molecular complexity index is 1180. The average molecular weight is 454 g/mol. The molecule has 10 heteroatoms. The molecule has 4 rings (SSSR count). The van der Waals surface area contributed by atoms with Gasteiger partial charge in [-0.25, -0.2) is 4.79 Å². The lowest BCUT2D eigenvalue weighted by Crippen LogP contribution is -2.46. The van der Waals surface area contributed by atoms with E-state index >= 15 is 0 Å². The fraction of sp³-hybridized carbons (Fsp3) is 0.391. The molecule has 0 saturated carbocycles. The number of benzene rings is 1. The van der Waals surface area contributed by atoms with Crippen LogP contribution >= 0.6 is 0 Å². The summed E-state index contributed by atoms with van der Waals surface area (Å²) >= 11 is 0. The molecule has 0 radical (unpaired) electrons. The first kappa shape index (κ1) is 22.4. The van der Waals surface area contributed by atoms with Crippen LogP contribution in [-0.2, 0) is 4.74 Å². The Morgan fingerprint density at radius 1 is 1.12 bits per heavy atom. The summed E-state index contributed by atoms with van der Waals surface area (Å²) in [7, 11) is 0. The third-order valence-corrected chi connectivity index (χ3v) is 5.38. The molecule has 1 saturated heterocycles. The molecule has 3 heterocycles. The maximum absolute atomic E-state index is 12.6. The minimum Gasteiger partial charge on any atom is -0.489 e. The third-order valence-electron chi connectivity index (χ3n) is 5.38. The van der Waals surface area contributed by atoms with Gasteiger partial charge in [-0.1, -0.05) is 0 Å². The second-order valence-corrected chi connectivity index (χ2v) is 9.08. The van der Waals surface area contributed by atoms with Crippen LogP contribution < -0.4 is 21.3 Å². The summed E-state index contributed by atoms with van der Waals surface area (Å²) in [5.74, 6) is -0.805. The Kier molecular flexibility index (Phi) is 5.61. The van der Waals surface area contributed by atoms with Crippen LogP contribution in [0.15, 0.2) is 35.1 Å². The van der Waals surface area contributed by atoms with Crippen LogP contribution in [0, 0.1) is 0 Å². The highest BCUT2D eigenvalue weighted by Crippen LogP contribution is 2.25. The van der Waals surface area contributed by atoms with Crippen LogP contribution in [0.25, 0.3) is 5.69 Å². The molecule has 0 aliphatic carbocycles. The number of nitrogens with one attached hydrogen (secondary N) is 1. The van der Waals surface area contributed by atoms with Crippen molar-refractivity contribution in [3.05, 3.63) is 51.8 Å². The summed E-state index contributed by atoms with van der Waals surface area (Å²) in [6, 6.07) is 7.76. The number of rotatable bonds is 3. The zero-order valence-corrected chi connectivity index (χ0v) is 18.7. The lowest BCUT2D eigenvalue weighted by molar-refractivity contribution is 0.00775. The van der Waals surface area contributed by atoms with Crippen LogP contribution in [0.3, 0.4) is 0 Å². The van der Waals surface area contributed by atoms with Crippen molar-refractivity contribution in [2.45, 2.75) is 45.3 Å². The Morgan fingerprint density at radius 2 is 1.82 bits per heavy atom. The zero-order valence-electron chi connectivity index (χ0n) is 18.7. The predicted octanol–water partition coefficient (Wildman–Crippen LogP) is 2.08. The van der Waals surface area contributed by atoms with Gasteiger partial charge in [0.05, 0.1) is 23.4 Å². The molecular formula is C23H26N4O6. The molecule has 0 spiro atoms. The number of ether oxygens (including phenoxy) is 2. The summed E-state index contributed by atoms with van der Waals surface area (Å²) in [4.78, 5) is 50.4. The number of likely N-dealkylation sites (tertiary alicyclic amines) is 1. The molecular weight excluding hydrogens is 428 g/mol. The summed E-state index contributed by atoms with van der Waals surface area (Å²) in [5, 5.41) is 2.14. The molecule has 1 atom stereocenters. The fourth-order valence-electron chi connectivity index (χ4n) is 3.94. The highest BCUT2D eigenvalue weighted by molar-refractivity contribution is 6.23. The van der Waals surface area contributed by atoms with E-state index in [2.05, 4.69) is 5.32 Å². The number of hydrogen-bond donors (Lipinski definition) is 2. The first-order chi connectivity index (χ1) is 15.5. The molecule has 0 bridgehead atoms. The number of nitrogens with zero attached hydrogens (tertiary/aromatic N) is 2. The smallest absolute Gasteiger partial charge is 0.410 e. The monoisotopic (exact) mass is 454 g/mol. The number of pyridine rings is 1. The molecule has 1 aromatic heterocycles. The number of hydrogen-bond acceptors (Lipinski definition) is 7. The highest BCUT2D eigenvalue weighted by atomic mass is 16.6. The summed E-state index contributed by atoms with van der Waals surface area (Å²) in [6.45, 7) is 6.51. The van der Waals surface area contributed by atoms with Gasteiger partial charge in [-0.05, 0) is 57.9 Å². The van der Waals surface area contributed by atoms with Crippen LogP contribution in [0.1, 0.15) is 54.3 Å². The Morgan fingerprint density at radius 3 is 2.48 bits per heavy atom. The number of nitrogens with two attached hydrogens (primary N) is 1. The number of anilines is 1. The molecule has 10 nitrogen and oxygen atoms in total. The number of imide groups is 1. The molecule has 3 N–H and O–H groups in total. The minimum atomic E-state index is -0.636. The standard InChI is InChI=1S/C23H26N4O6/c1-23(2,3)33-22(31)26-10-4-5-15(12-26)32-14-8-6-13(7-9-14)27-17(28)11-16-18(19(27)24)21(30)25-20(16)29/h6-9,11,15H,4-5,10,12,24H2,1-3H3,(H,25,29,30). The van der Waals surface area contributed by atoms with Gasteiger partial charge < -0.3 is 20.1 Å². The largest absolute Gasteiger partial charge is 0.489 e. The van der Waals surface area contributed by atoms with E-state index in [4.69, 9.17) is 15.2 Å². The maximum atomic E-state index is 12.6. The van der Waals surface area contributed by atoms with Gasteiger partial charge in [0.1, 0.15) is 23.3 Å². The van der Waals surface area contributed by atoms with Crippen molar-refractivity contribution in [2.24, 2.45) is 0 Å². The Labute approximate surface area is 190 Å². The van der Waals surface area contributed by atoms with Crippen LogP contribution in [0.4, 0.5) is 10.6 Å². The number of carbonyl (C=O) groups is 3. The molecule has 3 amide bonds. The quantitative estimate of drug-likeness (QED) is 0.679. The van der Waals surface area contributed by atoms with Crippen LogP contribution in [0.2, 0.25) is 0 Å². The van der Waals surface area contributed by atoms with Crippen LogP contribution in [0.5, 0.6) is 5.75 Å². The van der Waals surface area contributed by atoms with Crippen molar-refractivity contribution in [2.75, 3.05) is 18.8 Å². The number of amides is 3. The molecule has 174 valence electrons. The average Bonchev–Trinajstić information content (AvgIpc) is 3.01. The van der Waals surface area contributed by atoms with Crippen molar-refractivity contribution >= 4 is 23.7 Å². The normalized spacial score (nSPS) is 18.0. The predicted molar refractivity (Wildman–Crippen MR) is 120 cm³/mol. The molecule has 1 aromatic carbocycles. The van der Waals surface area contributed by atoms with E-state index in [1.54, 1.807) is 29.2 Å². The van der Waals surface area contributed by atoms with E-state index in [9.17, 15) is 19.2 Å². The van der Waals surface area contributed by atoms with Gasteiger partial charge in [-0.3, -0.25) is 24.3 Å². The van der Waals surface area contributed by atoms with Crippen molar-refractivity contribution in [3.8, 4) is 11.4 Å². The van der Waals surface area contributed by atoms with Crippen molar-refractivity contribution in [1.29, 1.82) is 0 Å². The zero-order chi connectivity index (χ0) is 23.9. The van der Waals surface area contributed by atoms with Gasteiger partial charge in [0, 0.05) is 12.6 Å². The topological polar surface area (TPSA) is 133 Å². The van der Waals surface area contributed by atoms with Crippen LogP contribution in [-0.4, -0.2) is 52.2 Å². The molecule has 33 heavy (non-hydrogen) atoms. The second kappa shape index (κ2) is 8.27. The van der Waals surface area contributed by atoms with E-state index < -0.39 is 23.0 Å². The first-order valence-corrected chi connectivity index (χ1v) is 10.7. The van der Waals surface area contributed by atoms with E-state index in [0.717, 1.165) is 18.9 Å². The third kappa shape index (κ3) is 4.55. The maximum Gasteiger partial charge on any atom is 0.410 e. The van der Waals surface area contributed by atoms with Gasteiger partial charge in [0.15, 0.2) is 0 Å². The van der Waals surface area contributed by atoms with Gasteiger partial charge in [-0.15, -0.1) is 0 Å². The first-order valence-electron chi connectivity index (χ1n) is 10.7.